The van der Waals surface area contributed by atoms with E-state index < -0.39 is 0 Å². The lowest BCUT2D eigenvalue weighted by Gasteiger charge is -2.10. The fourth-order valence-electron chi connectivity index (χ4n) is 6.46. The summed E-state index contributed by atoms with van der Waals surface area (Å²) in [6.45, 7) is 0. The molecule has 0 N–H and O–H groups in total. The first-order valence-corrected chi connectivity index (χ1v) is 14.7. The van der Waals surface area contributed by atoms with Gasteiger partial charge in [-0.05, 0) is 64.0 Å². The zero-order chi connectivity index (χ0) is 29.0. The van der Waals surface area contributed by atoms with Crippen LogP contribution < -0.4 is 0 Å². The third-order valence-electron chi connectivity index (χ3n) is 8.50. The van der Waals surface area contributed by atoms with E-state index in [9.17, 15) is 0 Å². The normalized spacial score (nSPS) is 11.6. The van der Waals surface area contributed by atoms with E-state index in [2.05, 4.69) is 114 Å². The Morgan fingerprint density at radius 1 is 0.455 bits per heavy atom. The molecule has 3 aromatic heterocycles. The molecule has 0 unspecified atom stereocenters. The summed E-state index contributed by atoms with van der Waals surface area (Å²) in [5.41, 5.74) is 10.4. The summed E-state index contributed by atoms with van der Waals surface area (Å²) >= 11 is 0. The van der Waals surface area contributed by atoms with Gasteiger partial charge in [0.05, 0.1) is 22.1 Å². The van der Waals surface area contributed by atoms with Gasteiger partial charge in [-0.3, -0.25) is 4.57 Å². The quantitative estimate of drug-likeness (QED) is 0.214. The molecule has 0 bridgehead atoms. The van der Waals surface area contributed by atoms with E-state index in [4.69, 9.17) is 14.4 Å². The highest BCUT2D eigenvalue weighted by molar-refractivity contribution is 6.26. The molecule has 0 saturated carbocycles. The second kappa shape index (κ2) is 9.79. The first-order chi connectivity index (χ1) is 21.8. The van der Waals surface area contributed by atoms with Crippen LogP contribution in [0, 0.1) is 0 Å². The number of benzene rings is 6. The molecule has 0 saturated heterocycles. The number of hydrogen-bond acceptors (Lipinski definition) is 3. The second-order valence-electron chi connectivity index (χ2n) is 11.0. The van der Waals surface area contributed by atoms with Gasteiger partial charge in [0.25, 0.3) is 0 Å². The topological polar surface area (TPSA) is 43.9 Å². The smallest absolute Gasteiger partial charge is 0.235 e. The van der Waals surface area contributed by atoms with Gasteiger partial charge >= 0.3 is 0 Å². The van der Waals surface area contributed by atoms with Gasteiger partial charge in [0.2, 0.25) is 5.95 Å². The molecule has 0 radical (unpaired) electrons. The Bertz CT molecular complexity index is 2490. The van der Waals surface area contributed by atoms with E-state index in [-0.39, 0.29) is 0 Å². The van der Waals surface area contributed by atoms with Crippen LogP contribution in [-0.4, -0.2) is 14.5 Å². The number of fused-ring (bicyclic) bond motifs is 2. The molecule has 44 heavy (non-hydrogen) atoms. The Kier molecular flexibility index (Phi) is 5.47. The van der Waals surface area contributed by atoms with Crippen molar-refractivity contribution in [1.82, 2.24) is 14.5 Å². The Balaban J connectivity index is 1.18. The maximum Gasteiger partial charge on any atom is 0.235 e. The molecule has 9 aromatic rings. The van der Waals surface area contributed by atoms with Crippen molar-refractivity contribution >= 4 is 43.7 Å². The molecule has 0 fully saturated rings. The van der Waals surface area contributed by atoms with Gasteiger partial charge in [-0.25, -0.2) is 9.97 Å². The summed E-state index contributed by atoms with van der Waals surface area (Å²) in [6.07, 6.45) is 1.85. The van der Waals surface area contributed by atoms with Crippen LogP contribution in [0.25, 0.3) is 83.2 Å². The van der Waals surface area contributed by atoms with E-state index >= 15 is 0 Å². The van der Waals surface area contributed by atoms with Crippen LogP contribution in [0.1, 0.15) is 0 Å². The van der Waals surface area contributed by atoms with E-state index in [1.807, 2.05) is 42.6 Å². The van der Waals surface area contributed by atoms with Crippen molar-refractivity contribution in [2.45, 2.75) is 0 Å². The van der Waals surface area contributed by atoms with E-state index in [1.54, 1.807) is 0 Å². The molecular formula is C40H25N3O. The number of rotatable bonds is 4. The molecule has 4 nitrogen and oxygen atoms in total. The lowest BCUT2D eigenvalue weighted by atomic mass is 9.98. The van der Waals surface area contributed by atoms with Gasteiger partial charge in [-0.1, -0.05) is 109 Å². The third-order valence-corrected chi connectivity index (χ3v) is 8.50. The van der Waals surface area contributed by atoms with Gasteiger partial charge < -0.3 is 4.42 Å². The summed E-state index contributed by atoms with van der Waals surface area (Å²) in [7, 11) is 0. The predicted octanol–water partition coefficient (Wildman–Crippen LogP) is 10.5. The SMILES string of the molecule is c1ccc(-c2ccc(-c3cccc(-c4ccnc(-n5c6cccc7oc8ccccc8c8cccc5c8c76)n4)c3)cc2)cc1. The van der Waals surface area contributed by atoms with Crippen LogP contribution in [0.5, 0.6) is 0 Å². The predicted molar refractivity (Wildman–Crippen MR) is 180 cm³/mol. The summed E-state index contributed by atoms with van der Waals surface area (Å²) in [4.78, 5) is 9.92. The Labute approximate surface area is 253 Å². The monoisotopic (exact) mass is 563 g/mol. The molecule has 4 heteroatoms. The highest BCUT2D eigenvalue weighted by atomic mass is 16.3. The van der Waals surface area contributed by atoms with Gasteiger partial charge in [0, 0.05) is 22.5 Å². The highest BCUT2D eigenvalue weighted by Gasteiger charge is 2.20. The molecule has 0 aliphatic carbocycles. The van der Waals surface area contributed by atoms with Gasteiger partial charge in [-0.15, -0.1) is 0 Å². The summed E-state index contributed by atoms with van der Waals surface area (Å²) in [5.74, 6) is 0.628. The van der Waals surface area contributed by atoms with Crippen molar-refractivity contribution in [3.05, 3.63) is 152 Å². The Morgan fingerprint density at radius 3 is 1.93 bits per heavy atom. The molecule has 0 aliphatic rings. The lowest BCUT2D eigenvalue weighted by Crippen LogP contribution is -2.01. The van der Waals surface area contributed by atoms with Crippen LogP contribution in [0.3, 0.4) is 0 Å². The fourth-order valence-corrected chi connectivity index (χ4v) is 6.46. The molecule has 6 aromatic carbocycles. The molecule has 0 amide bonds. The summed E-state index contributed by atoms with van der Waals surface area (Å²) in [6, 6.07) is 50.6. The van der Waals surface area contributed by atoms with Crippen molar-refractivity contribution < 1.29 is 4.42 Å². The maximum absolute atomic E-state index is 6.50. The van der Waals surface area contributed by atoms with Crippen molar-refractivity contribution in [1.29, 1.82) is 0 Å². The number of nitrogens with zero attached hydrogens (tertiary/aromatic N) is 3. The molecule has 206 valence electrons. The number of aromatic nitrogens is 3. The van der Waals surface area contributed by atoms with E-state index in [0.717, 1.165) is 66.1 Å². The van der Waals surface area contributed by atoms with Crippen molar-refractivity contribution in [3.63, 3.8) is 0 Å². The van der Waals surface area contributed by atoms with Crippen LogP contribution in [0.2, 0.25) is 0 Å². The number of para-hydroxylation sites is 1. The van der Waals surface area contributed by atoms with Crippen LogP contribution in [0.4, 0.5) is 0 Å². The molecular weight excluding hydrogens is 538 g/mol. The zero-order valence-corrected chi connectivity index (χ0v) is 23.7. The van der Waals surface area contributed by atoms with Crippen molar-refractivity contribution in [2.75, 3.05) is 0 Å². The zero-order valence-electron chi connectivity index (χ0n) is 23.7. The van der Waals surface area contributed by atoms with Crippen LogP contribution in [0.15, 0.2) is 156 Å². The minimum absolute atomic E-state index is 0.628. The molecule has 0 spiro atoms. The van der Waals surface area contributed by atoms with Crippen molar-refractivity contribution in [2.24, 2.45) is 0 Å². The average molecular weight is 564 g/mol. The van der Waals surface area contributed by atoms with Gasteiger partial charge in [0.15, 0.2) is 0 Å². The molecule has 3 heterocycles. The first-order valence-electron chi connectivity index (χ1n) is 14.7. The minimum Gasteiger partial charge on any atom is -0.456 e. The molecule has 9 rings (SSSR count). The third kappa shape index (κ3) is 3.85. The summed E-state index contributed by atoms with van der Waals surface area (Å²) < 4.78 is 8.65. The fraction of sp³-hybridized carbons (Fsp3) is 0. The average Bonchev–Trinajstić information content (AvgIpc) is 3.36. The maximum atomic E-state index is 6.50. The van der Waals surface area contributed by atoms with E-state index in [1.165, 1.54) is 11.1 Å². The largest absolute Gasteiger partial charge is 0.456 e. The van der Waals surface area contributed by atoms with Crippen molar-refractivity contribution in [3.8, 4) is 39.5 Å². The standard InChI is InChI=1S/C40H25N3O/c1-2-9-26(10-3-1)27-19-21-28(22-20-27)29-11-6-12-30(25-29)33-23-24-41-40(42-33)43-34-15-7-14-32-31-13-4-5-17-36(31)44-37-18-8-16-35(43)39(37)38(32)34/h1-25H. The second-order valence-corrected chi connectivity index (χ2v) is 11.0. The van der Waals surface area contributed by atoms with Gasteiger partial charge in [-0.2, -0.15) is 0 Å². The Hall–Kier alpha value is -6.00. The minimum atomic E-state index is 0.628. The van der Waals surface area contributed by atoms with Crippen LogP contribution >= 0.6 is 0 Å². The molecule has 0 aliphatic heterocycles. The first kappa shape index (κ1) is 24.6. The highest BCUT2D eigenvalue weighted by Crippen LogP contribution is 2.40. The van der Waals surface area contributed by atoms with Crippen LogP contribution in [-0.2, 0) is 0 Å². The van der Waals surface area contributed by atoms with E-state index in [0.29, 0.717) is 5.95 Å². The van der Waals surface area contributed by atoms with Gasteiger partial charge in [0.1, 0.15) is 11.2 Å². The lowest BCUT2D eigenvalue weighted by molar-refractivity contribution is 0.664. The molecule has 0 atom stereocenters. The number of hydrogen-bond donors (Lipinski definition) is 0. The Morgan fingerprint density at radius 2 is 1.07 bits per heavy atom. The summed E-state index contributed by atoms with van der Waals surface area (Å²) in [5, 5.41) is 4.45.